The van der Waals surface area contributed by atoms with Crippen LogP contribution in [0.2, 0.25) is 0 Å². The van der Waals surface area contributed by atoms with Crippen LogP contribution in [-0.2, 0) is 0 Å². The van der Waals surface area contributed by atoms with Crippen LogP contribution in [0.3, 0.4) is 0 Å². The van der Waals surface area contributed by atoms with Crippen molar-refractivity contribution in [2.24, 2.45) is 21.5 Å². The molecule has 0 spiro atoms. The number of hydrogen-bond donors (Lipinski definition) is 3. The SMILES string of the molecule is CN(C)C(=O)c1c(Br)ccc(N=C(N)C(N)=Nc2ccccc2)c1O. The largest absolute Gasteiger partial charge is 0.505 e. The summed E-state index contributed by atoms with van der Waals surface area (Å²) in [5.74, 6) is -0.715. The van der Waals surface area contributed by atoms with Crippen LogP contribution in [0, 0.1) is 0 Å². The van der Waals surface area contributed by atoms with Crippen LogP contribution in [-0.4, -0.2) is 41.7 Å². The maximum Gasteiger partial charge on any atom is 0.258 e. The molecule has 0 atom stereocenters. The van der Waals surface area contributed by atoms with Crippen LogP contribution < -0.4 is 11.5 Å². The number of phenols is 1. The van der Waals surface area contributed by atoms with Gasteiger partial charge in [-0.1, -0.05) is 18.2 Å². The Morgan fingerprint density at radius 2 is 1.64 bits per heavy atom. The van der Waals surface area contributed by atoms with E-state index in [9.17, 15) is 9.90 Å². The molecule has 0 heterocycles. The first-order valence-corrected chi connectivity index (χ1v) is 8.07. The molecule has 0 aromatic heterocycles. The Morgan fingerprint density at radius 1 is 1.04 bits per heavy atom. The van der Waals surface area contributed by atoms with Gasteiger partial charge in [-0.3, -0.25) is 4.79 Å². The van der Waals surface area contributed by atoms with E-state index in [1.165, 1.54) is 11.0 Å². The van der Waals surface area contributed by atoms with Crippen molar-refractivity contribution < 1.29 is 9.90 Å². The van der Waals surface area contributed by atoms with Crippen molar-refractivity contribution in [3.63, 3.8) is 0 Å². The zero-order valence-electron chi connectivity index (χ0n) is 13.8. The van der Waals surface area contributed by atoms with Gasteiger partial charge in [-0.05, 0) is 40.2 Å². The summed E-state index contributed by atoms with van der Waals surface area (Å²) < 4.78 is 0.451. The predicted octanol–water partition coefficient (Wildman–Crippen LogP) is 2.53. The van der Waals surface area contributed by atoms with Gasteiger partial charge in [0.25, 0.3) is 5.91 Å². The second-order valence-electron chi connectivity index (χ2n) is 5.32. The lowest BCUT2D eigenvalue weighted by Gasteiger charge is -2.14. The Labute approximate surface area is 153 Å². The number of halogens is 1. The monoisotopic (exact) mass is 403 g/mol. The van der Waals surface area contributed by atoms with Gasteiger partial charge < -0.3 is 21.5 Å². The van der Waals surface area contributed by atoms with Crippen LogP contribution in [0.4, 0.5) is 11.4 Å². The van der Waals surface area contributed by atoms with E-state index in [0.717, 1.165) is 0 Å². The van der Waals surface area contributed by atoms with Crippen molar-refractivity contribution in [3.05, 3.63) is 52.5 Å². The van der Waals surface area contributed by atoms with Gasteiger partial charge in [0, 0.05) is 18.6 Å². The maximum absolute atomic E-state index is 12.2. The molecule has 2 rings (SSSR count). The van der Waals surface area contributed by atoms with E-state index in [1.54, 1.807) is 32.3 Å². The van der Waals surface area contributed by atoms with Gasteiger partial charge in [-0.2, -0.15) is 0 Å². The average Bonchev–Trinajstić information content (AvgIpc) is 2.58. The molecule has 2 aromatic rings. The number of carbonyl (C=O) groups is 1. The smallest absolute Gasteiger partial charge is 0.258 e. The summed E-state index contributed by atoms with van der Waals surface area (Å²) in [6.07, 6.45) is 0. The lowest BCUT2D eigenvalue weighted by Crippen LogP contribution is -2.30. The minimum Gasteiger partial charge on any atom is -0.505 e. The molecule has 0 aliphatic carbocycles. The number of nitrogens with two attached hydrogens (primary N) is 2. The second kappa shape index (κ2) is 7.80. The Balaban J connectivity index is 2.42. The molecule has 0 unspecified atom stereocenters. The third-order valence-electron chi connectivity index (χ3n) is 3.23. The number of carbonyl (C=O) groups excluding carboxylic acids is 1. The summed E-state index contributed by atoms with van der Waals surface area (Å²) >= 11 is 3.25. The highest BCUT2D eigenvalue weighted by Crippen LogP contribution is 2.36. The van der Waals surface area contributed by atoms with Gasteiger partial charge in [-0.15, -0.1) is 0 Å². The van der Waals surface area contributed by atoms with Gasteiger partial charge in [0.05, 0.1) is 11.3 Å². The molecule has 0 radical (unpaired) electrons. The Morgan fingerprint density at radius 3 is 2.24 bits per heavy atom. The fraction of sp³-hybridized carbons (Fsp3) is 0.118. The summed E-state index contributed by atoms with van der Waals surface area (Å²) in [5, 5.41) is 10.4. The third-order valence-corrected chi connectivity index (χ3v) is 3.90. The summed E-state index contributed by atoms with van der Waals surface area (Å²) in [6.45, 7) is 0. The average molecular weight is 404 g/mol. The lowest BCUT2D eigenvalue weighted by atomic mass is 10.1. The second-order valence-corrected chi connectivity index (χ2v) is 6.17. The van der Waals surface area contributed by atoms with E-state index in [-0.39, 0.29) is 34.6 Å². The van der Waals surface area contributed by atoms with Crippen LogP contribution in [0.5, 0.6) is 5.75 Å². The van der Waals surface area contributed by atoms with Gasteiger partial charge in [0.1, 0.15) is 5.69 Å². The first-order chi connectivity index (χ1) is 11.8. The van der Waals surface area contributed by atoms with E-state index >= 15 is 0 Å². The number of phenolic OH excluding ortho intramolecular Hbond substituents is 1. The number of rotatable bonds is 3. The topological polar surface area (TPSA) is 117 Å². The van der Waals surface area contributed by atoms with Crippen molar-refractivity contribution in [2.45, 2.75) is 0 Å². The summed E-state index contributed by atoms with van der Waals surface area (Å²) in [7, 11) is 3.17. The standard InChI is InChI=1S/C17H18BrN5O2/c1-23(2)17(25)13-11(18)8-9-12(14(13)24)22-16(20)15(19)21-10-6-4-3-5-7-10/h3-9,24H,1-2H3,(H2,19,21)(H2,20,22). The molecular weight excluding hydrogens is 386 g/mol. The molecule has 2 aromatic carbocycles. The number of amidine groups is 2. The first kappa shape index (κ1) is 18.5. The molecule has 0 aliphatic rings. The minimum atomic E-state index is -0.370. The van der Waals surface area contributed by atoms with Crippen molar-refractivity contribution >= 4 is 44.9 Å². The summed E-state index contributed by atoms with van der Waals surface area (Å²) in [5.41, 5.74) is 12.6. The van der Waals surface area contributed by atoms with Crippen molar-refractivity contribution in [1.82, 2.24) is 4.90 Å². The predicted molar refractivity (Wildman–Crippen MR) is 103 cm³/mol. The van der Waals surface area contributed by atoms with Crippen LogP contribution in [0.15, 0.2) is 56.9 Å². The summed E-state index contributed by atoms with van der Waals surface area (Å²) in [4.78, 5) is 21.8. The van der Waals surface area contributed by atoms with Crippen LogP contribution in [0.1, 0.15) is 10.4 Å². The maximum atomic E-state index is 12.2. The van der Waals surface area contributed by atoms with Gasteiger partial charge in [-0.25, -0.2) is 9.98 Å². The lowest BCUT2D eigenvalue weighted by molar-refractivity contribution is 0.0824. The number of amides is 1. The Bertz CT molecular complexity index is 848. The quantitative estimate of drug-likeness (QED) is 0.538. The van der Waals surface area contributed by atoms with E-state index in [0.29, 0.717) is 10.2 Å². The number of nitrogens with zero attached hydrogens (tertiary/aromatic N) is 3. The molecule has 1 amide bonds. The van der Waals surface area contributed by atoms with E-state index in [1.807, 2.05) is 18.2 Å². The molecule has 0 saturated carbocycles. The number of aromatic hydroxyl groups is 1. The van der Waals surface area contributed by atoms with Crippen molar-refractivity contribution in [1.29, 1.82) is 0 Å². The zero-order valence-corrected chi connectivity index (χ0v) is 15.4. The van der Waals surface area contributed by atoms with E-state index in [4.69, 9.17) is 11.5 Å². The van der Waals surface area contributed by atoms with Gasteiger partial charge in [0.2, 0.25) is 0 Å². The minimum absolute atomic E-state index is 0.00834. The van der Waals surface area contributed by atoms with Crippen LogP contribution >= 0.6 is 15.9 Å². The van der Waals surface area contributed by atoms with Gasteiger partial charge in [0.15, 0.2) is 17.4 Å². The molecule has 0 bridgehead atoms. The van der Waals surface area contributed by atoms with Gasteiger partial charge >= 0.3 is 0 Å². The highest BCUT2D eigenvalue weighted by Gasteiger charge is 2.20. The number of benzene rings is 2. The van der Waals surface area contributed by atoms with Crippen molar-refractivity contribution in [3.8, 4) is 5.75 Å². The fourth-order valence-corrected chi connectivity index (χ4v) is 2.45. The molecule has 7 nitrogen and oxygen atoms in total. The molecule has 0 aliphatic heterocycles. The number of aliphatic imine (C=N–C) groups is 2. The molecule has 130 valence electrons. The van der Waals surface area contributed by atoms with Crippen molar-refractivity contribution in [2.75, 3.05) is 14.1 Å². The number of hydrogen-bond acceptors (Lipinski definition) is 4. The number of para-hydroxylation sites is 1. The Kier molecular flexibility index (Phi) is 5.76. The normalized spacial score (nSPS) is 12.1. The molecule has 8 heteroatoms. The molecule has 0 fully saturated rings. The van der Waals surface area contributed by atoms with E-state index < -0.39 is 0 Å². The Hall–Kier alpha value is -2.87. The molecule has 25 heavy (non-hydrogen) atoms. The highest BCUT2D eigenvalue weighted by molar-refractivity contribution is 9.10. The fourth-order valence-electron chi connectivity index (χ4n) is 1.96. The first-order valence-electron chi connectivity index (χ1n) is 7.28. The molecular formula is C17H18BrN5O2. The third kappa shape index (κ3) is 4.36. The van der Waals surface area contributed by atoms with E-state index in [2.05, 4.69) is 25.9 Å². The zero-order chi connectivity index (χ0) is 18.6. The molecule has 5 N–H and O–H groups in total. The molecule has 0 saturated heterocycles. The van der Waals surface area contributed by atoms with Crippen LogP contribution in [0.25, 0.3) is 0 Å². The summed E-state index contributed by atoms with van der Waals surface area (Å²) in [6, 6.07) is 12.2. The highest BCUT2D eigenvalue weighted by atomic mass is 79.9.